The van der Waals surface area contributed by atoms with Crippen LogP contribution in [-0.4, -0.2) is 58.3 Å². The topological polar surface area (TPSA) is 101 Å². The maximum atomic E-state index is 12.3. The Morgan fingerprint density at radius 3 is 1.52 bits per heavy atom. The summed E-state index contributed by atoms with van der Waals surface area (Å²) < 4.78 is 74.5. The molecule has 0 radical (unpaired) electrons. The highest BCUT2D eigenvalue weighted by atomic mass is 35.5. The van der Waals surface area contributed by atoms with Crippen LogP contribution in [0.3, 0.4) is 0 Å². The van der Waals surface area contributed by atoms with Gasteiger partial charge in [0, 0.05) is 65.6 Å². The number of pyridine rings is 4. The van der Waals surface area contributed by atoms with Gasteiger partial charge in [-0.05, 0) is 104 Å². The highest BCUT2D eigenvalue weighted by Gasteiger charge is 2.49. The molecule has 1 aliphatic carbocycles. The average molecular weight is 933 g/mol. The van der Waals surface area contributed by atoms with E-state index in [2.05, 4.69) is 41.5 Å². The summed E-state index contributed by atoms with van der Waals surface area (Å²) in [6, 6.07) is 28.1. The minimum absolute atomic E-state index is 0.130. The fourth-order valence-electron chi connectivity index (χ4n) is 8.97. The van der Waals surface area contributed by atoms with Crippen LogP contribution in [0.5, 0.6) is 17.2 Å². The lowest BCUT2D eigenvalue weighted by Gasteiger charge is -2.39. The first-order chi connectivity index (χ1) is 31.5. The molecule has 2 unspecified atom stereocenters. The molecule has 2 spiro atoms. The van der Waals surface area contributed by atoms with Gasteiger partial charge in [0.15, 0.2) is 0 Å². The second kappa shape index (κ2) is 20.8. The number of likely N-dealkylation sites (tertiary alicyclic amines) is 1. The molecule has 2 fully saturated rings. The van der Waals surface area contributed by atoms with Gasteiger partial charge in [0.05, 0.1) is 29.9 Å². The van der Waals surface area contributed by atoms with Gasteiger partial charge in [-0.2, -0.15) is 17.6 Å². The number of piperidine rings is 1. The molecule has 4 aromatic heterocycles. The largest absolute Gasteiger partial charge is 0.497 e. The summed E-state index contributed by atoms with van der Waals surface area (Å²) in [5.41, 5.74) is 6.34. The van der Waals surface area contributed by atoms with Crippen molar-refractivity contribution in [1.82, 2.24) is 24.8 Å². The van der Waals surface area contributed by atoms with Crippen LogP contribution in [0.2, 0.25) is 10.0 Å². The van der Waals surface area contributed by atoms with Crippen molar-refractivity contribution in [3.8, 4) is 17.2 Å². The van der Waals surface area contributed by atoms with E-state index in [1.54, 1.807) is 48.8 Å². The number of aromatic nitrogens is 4. The molecule has 3 aliphatic heterocycles. The number of alkyl halides is 4. The van der Waals surface area contributed by atoms with Gasteiger partial charge in [-0.25, -0.2) is 0 Å². The molecule has 1 saturated carbocycles. The predicted octanol–water partition coefficient (Wildman–Crippen LogP) is 12.0. The van der Waals surface area contributed by atoms with Crippen LogP contribution in [0.1, 0.15) is 96.6 Å². The van der Waals surface area contributed by atoms with Crippen LogP contribution in [0.15, 0.2) is 122 Å². The Bertz CT molecular complexity index is 2490. The van der Waals surface area contributed by atoms with E-state index in [0.29, 0.717) is 15.8 Å². The minimum Gasteiger partial charge on any atom is -0.497 e. The zero-order valence-electron chi connectivity index (χ0n) is 35.5. The molecule has 7 heterocycles. The fourth-order valence-corrected chi connectivity index (χ4v) is 9.31. The number of rotatable bonds is 9. The van der Waals surface area contributed by atoms with Crippen LogP contribution in [0.4, 0.5) is 17.6 Å². The lowest BCUT2D eigenvalue weighted by molar-refractivity contribution is -0.101. The average Bonchev–Trinajstić information content (AvgIpc) is 3.81. The van der Waals surface area contributed by atoms with Gasteiger partial charge < -0.3 is 23.7 Å². The van der Waals surface area contributed by atoms with E-state index in [1.165, 1.54) is 38.5 Å². The van der Waals surface area contributed by atoms with Gasteiger partial charge in [-0.15, -0.1) is 0 Å². The third-order valence-corrected chi connectivity index (χ3v) is 12.5. The molecule has 4 aliphatic rings. The first-order valence-corrected chi connectivity index (χ1v) is 22.1. The Balaban J connectivity index is 0.000000149. The standard InChI is InChI=1S/C24H22ClF2N3O2.C17H17ClN2O.C8H8F2O2/c25-17-7-11-28-20(14-17)21-19-2-1-10-29-22(19)24(32-21)8-12-30(13-9-24)15-16-3-5-18(6-4-16)31-23(26)27;18-12-6-10-19-14(11-12)15-13-5-4-9-20-16(13)17(21-15)7-2-1-3-8-17;1-11-6-2-4-7(5-3-6)12-8(9)10/h1-7,10-11,14,21,23H,8-9,12-13,15H2;4-6,9-11,15H,1-3,7-8H2;2-5,8H,1H3. The number of methoxy groups -OCH3 is 1. The number of hydrogen-bond donors (Lipinski definition) is 0. The van der Waals surface area contributed by atoms with E-state index in [0.717, 1.165) is 84.8 Å². The van der Waals surface area contributed by atoms with Crippen LogP contribution in [0, 0.1) is 0 Å². The summed E-state index contributed by atoms with van der Waals surface area (Å²) in [6.45, 7) is -3.19. The number of benzene rings is 2. The Labute approximate surface area is 384 Å². The molecule has 6 aromatic rings. The van der Waals surface area contributed by atoms with Crippen molar-refractivity contribution < 1.29 is 41.2 Å². The van der Waals surface area contributed by atoms with Crippen molar-refractivity contribution >= 4 is 23.2 Å². The van der Waals surface area contributed by atoms with Crippen molar-refractivity contribution in [2.75, 3.05) is 20.2 Å². The van der Waals surface area contributed by atoms with E-state index < -0.39 is 18.8 Å². The van der Waals surface area contributed by atoms with Crippen molar-refractivity contribution in [1.29, 1.82) is 0 Å². The molecule has 340 valence electrons. The molecule has 0 bridgehead atoms. The van der Waals surface area contributed by atoms with Gasteiger partial charge in [0.25, 0.3) is 0 Å². The van der Waals surface area contributed by atoms with Gasteiger partial charge in [0.1, 0.15) is 40.7 Å². The van der Waals surface area contributed by atoms with Gasteiger partial charge in [0.2, 0.25) is 0 Å². The SMILES string of the molecule is COc1ccc(OC(F)F)cc1.Clc1ccnc(C2OC3(CCCCC3)c3ncccc32)c1.FC(F)Oc1ccc(CN2CCC3(CC2)OC(c2cc(Cl)ccn2)c2cccnc23)cc1. The third kappa shape index (κ3) is 11.0. The van der Waals surface area contributed by atoms with Gasteiger partial charge in [-0.3, -0.25) is 24.8 Å². The fraction of sp³-hybridized carbons (Fsp3) is 0.347. The summed E-state index contributed by atoms with van der Waals surface area (Å²) >= 11 is 12.3. The summed E-state index contributed by atoms with van der Waals surface area (Å²) in [6.07, 6.45) is 14.1. The van der Waals surface area contributed by atoms with E-state index in [1.807, 2.05) is 48.8 Å². The maximum Gasteiger partial charge on any atom is 0.387 e. The summed E-state index contributed by atoms with van der Waals surface area (Å²) in [7, 11) is 1.50. The molecule has 10 rings (SSSR count). The Kier molecular flexibility index (Phi) is 14.8. The third-order valence-electron chi connectivity index (χ3n) is 12.0. The lowest BCUT2D eigenvalue weighted by Crippen LogP contribution is -2.42. The van der Waals surface area contributed by atoms with Gasteiger partial charge in [-0.1, -0.05) is 66.7 Å². The molecular formula is C49H47Cl2F4N5O5. The minimum atomic E-state index is -2.81. The van der Waals surface area contributed by atoms with Crippen LogP contribution >= 0.6 is 23.2 Å². The summed E-state index contributed by atoms with van der Waals surface area (Å²) in [4.78, 5) is 20.6. The van der Waals surface area contributed by atoms with Crippen molar-refractivity contribution in [3.63, 3.8) is 0 Å². The number of ether oxygens (including phenoxy) is 5. The first-order valence-electron chi connectivity index (χ1n) is 21.4. The highest BCUT2D eigenvalue weighted by molar-refractivity contribution is 6.30. The highest BCUT2D eigenvalue weighted by Crippen LogP contribution is 2.52. The molecule has 0 N–H and O–H groups in total. The molecular weight excluding hydrogens is 885 g/mol. The molecule has 2 aromatic carbocycles. The van der Waals surface area contributed by atoms with Crippen LogP contribution < -0.4 is 14.2 Å². The number of nitrogens with zero attached hydrogens (tertiary/aromatic N) is 5. The second-order valence-electron chi connectivity index (χ2n) is 16.1. The maximum absolute atomic E-state index is 12.3. The van der Waals surface area contributed by atoms with E-state index in [-0.39, 0.29) is 29.3 Å². The number of halogens is 6. The summed E-state index contributed by atoms with van der Waals surface area (Å²) in [5, 5.41) is 1.32. The smallest absolute Gasteiger partial charge is 0.387 e. The molecule has 16 heteroatoms. The zero-order chi connectivity index (χ0) is 45.4. The molecule has 2 atom stereocenters. The van der Waals surface area contributed by atoms with Crippen LogP contribution in [-0.2, 0) is 27.2 Å². The van der Waals surface area contributed by atoms with E-state index >= 15 is 0 Å². The molecule has 10 nitrogen and oxygen atoms in total. The molecule has 65 heavy (non-hydrogen) atoms. The van der Waals surface area contributed by atoms with Crippen molar-refractivity contribution in [2.24, 2.45) is 0 Å². The van der Waals surface area contributed by atoms with Gasteiger partial charge >= 0.3 is 13.2 Å². The Hall–Kier alpha value is -5.38. The van der Waals surface area contributed by atoms with Crippen LogP contribution in [0.25, 0.3) is 0 Å². The number of fused-ring (bicyclic) bond motifs is 4. The predicted molar refractivity (Wildman–Crippen MR) is 236 cm³/mol. The molecule has 1 saturated heterocycles. The van der Waals surface area contributed by atoms with E-state index in [4.69, 9.17) is 42.4 Å². The van der Waals surface area contributed by atoms with E-state index in [9.17, 15) is 17.6 Å². The summed E-state index contributed by atoms with van der Waals surface area (Å²) in [5.74, 6) is 0.909. The Morgan fingerprint density at radius 2 is 1.06 bits per heavy atom. The lowest BCUT2D eigenvalue weighted by atomic mass is 9.82. The van der Waals surface area contributed by atoms with Crippen molar-refractivity contribution in [3.05, 3.63) is 171 Å². The second-order valence-corrected chi connectivity index (χ2v) is 17.0. The Morgan fingerprint density at radius 1 is 0.600 bits per heavy atom. The van der Waals surface area contributed by atoms with Crippen molar-refractivity contribution in [2.45, 2.75) is 88.1 Å². The quantitative estimate of drug-likeness (QED) is 0.130. The monoisotopic (exact) mass is 931 g/mol. The normalized spacial score (nSPS) is 19.2. The molecule has 0 amide bonds. The zero-order valence-corrected chi connectivity index (χ0v) is 37.0. The first kappa shape index (κ1) is 46.2. The number of hydrogen-bond acceptors (Lipinski definition) is 10.